The monoisotopic (exact) mass is 299 g/mol. The van der Waals surface area contributed by atoms with E-state index in [2.05, 4.69) is 22.2 Å². The third kappa shape index (κ3) is 6.72. The van der Waals surface area contributed by atoms with E-state index in [-0.39, 0.29) is 24.6 Å². The minimum Gasteiger partial charge on any atom is -0.372 e. The van der Waals surface area contributed by atoms with Crippen molar-refractivity contribution in [1.82, 2.24) is 15.3 Å². The van der Waals surface area contributed by atoms with Crippen LogP contribution < -0.4 is 10.9 Å². The van der Waals surface area contributed by atoms with Crippen LogP contribution >= 0.6 is 11.8 Å². The number of thioether (sulfide) groups is 1. The Hall–Kier alpha value is -1.34. The lowest BCUT2D eigenvalue weighted by atomic mass is 10.3. The molecular formula is C13H21N3O3S. The Balaban J connectivity index is 2.30. The number of amides is 1. The average molecular weight is 299 g/mol. The summed E-state index contributed by atoms with van der Waals surface area (Å²) in [7, 11) is 0. The first-order valence-corrected chi connectivity index (χ1v) is 7.87. The van der Waals surface area contributed by atoms with Crippen LogP contribution in [-0.2, 0) is 16.1 Å². The van der Waals surface area contributed by atoms with E-state index in [4.69, 9.17) is 4.74 Å². The summed E-state index contributed by atoms with van der Waals surface area (Å²) in [6, 6.07) is 1.38. The standard InChI is InChI=1S/C13H21N3O3S/c1-3-4-5-6-19-9-12(18)14-8-10-7-11(17)16-13(15-10)20-2/h7H,3-6,8-9H2,1-2H3,(H,14,18)(H,15,16,17). The lowest BCUT2D eigenvalue weighted by Crippen LogP contribution is -2.28. The maximum Gasteiger partial charge on any atom is 0.251 e. The van der Waals surface area contributed by atoms with E-state index in [1.54, 1.807) is 0 Å². The first-order chi connectivity index (χ1) is 9.65. The van der Waals surface area contributed by atoms with Crippen molar-refractivity contribution < 1.29 is 9.53 Å². The summed E-state index contributed by atoms with van der Waals surface area (Å²) in [5.41, 5.74) is 0.321. The molecule has 0 unspecified atom stereocenters. The van der Waals surface area contributed by atoms with Gasteiger partial charge in [-0.05, 0) is 12.7 Å². The van der Waals surface area contributed by atoms with Crippen molar-refractivity contribution in [2.75, 3.05) is 19.5 Å². The molecule has 0 spiro atoms. The van der Waals surface area contributed by atoms with E-state index in [0.29, 0.717) is 17.5 Å². The van der Waals surface area contributed by atoms with E-state index in [1.165, 1.54) is 17.8 Å². The number of rotatable bonds is 9. The quantitative estimate of drug-likeness (QED) is 0.408. The zero-order valence-corrected chi connectivity index (χ0v) is 12.7. The normalized spacial score (nSPS) is 10.5. The fourth-order valence-corrected chi connectivity index (χ4v) is 1.94. The van der Waals surface area contributed by atoms with E-state index in [9.17, 15) is 9.59 Å². The number of hydrogen-bond donors (Lipinski definition) is 2. The summed E-state index contributed by atoms with van der Waals surface area (Å²) in [5.74, 6) is -0.200. The lowest BCUT2D eigenvalue weighted by molar-refractivity contribution is -0.125. The Morgan fingerprint density at radius 2 is 2.30 bits per heavy atom. The molecule has 1 amide bonds. The second-order valence-corrected chi connectivity index (χ2v) is 5.08. The predicted molar refractivity (Wildman–Crippen MR) is 78.8 cm³/mol. The van der Waals surface area contributed by atoms with Gasteiger partial charge in [-0.25, -0.2) is 4.98 Å². The Bertz CT molecular complexity index is 476. The molecule has 112 valence electrons. The van der Waals surface area contributed by atoms with Gasteiger partial charge in [0.25, 0.3) is 5.56 Å². The van der Waals surface area contributed by atoms with Crippen LogP contribution in [-0.4, -0.2) is 35.3 Å². The molecule has 2 N–H and O–H groups in total. The molecule has 0 aliphatic rings. The molecule has 0 saturated carbocycles. The van der Waals surface area contributed by atoms with Crippen molar-refractivity contribution in [3.63, 3.8) is 0 Å². The maximum atomic E-state index is 11.5. The number of H-pyrrole nitrogens is 1. The number of unbranched alkanes of at least 4 members (excludes halogenated alkanes) is 2. The molecule has 0 atom stereocenters. The van der Waals surface area contributed by atoms with Gasteiger partial charge in [-0.1, -0.05) is 31.5 Å². The molecule has 0 aliphatic carbocycles. The highest BCUT2D eigenvalue weighted by Crippen LogP contribution is 2.05. The topological polar surface area (TPSA) is 84.1 Å². The van der Waals surface area contributed by atoms with Gasteiger partial charge in [0, 0.05) is 12.7 Å². The van der Waals surface area contributed by atoms with Crippen LogP contribution in [0.15, 0.2) is 16.0 Å². The van der Waals surface area contributed by atoms with Gasteiger partial charge in [-0.2, -0.15) is 0 Å². The summed E-state index contributed by atoms with van der Waals surface area (Å²) in [6.45, 7) is 2.99. The van der Waals surface area contributed by atoms with Crippen molar-refractivity contribution >= 4 is 17.7 Å². The first kappa shape index (κ1) is 16.7. The largest absolute Gasteiger partial charge is 0.372 e. The van der Waals surface area contributed by atoms with Gasteiger partial charge in [-0.3, -0.25) is 9.59 Å². The second-order valence-electron chi connectivity index (χ2n) is 4.28. The predicted octanol–water partition coefficient (Wildman–Crippen LogP) is 1.31. The van der Waals surface area contributed by atoms with Crippen LogP contribution in [0.4, 0.5) is 0 Å². The molecule has 0 saturated heterocycles. The number of nitrogens with one attached hydrogen (secondary N) is 2. The third-order valence-electron chi connectivity index (χ3n) is 2.56. The van der Waals surface area contributed by atoms with Gasteiger partial charge in [0.1, 0.15) is 6.61 Å². The zero-order valence-electron chi connectivity index (χ0n) is 11.9. The average Bonchev–Trinajstić information content (AvgIpc) is 2.44. The minimum absolute atomic E-state index is 0.0439. The number of nitrogens with zero attached hydrogens (tertiary/aromatic N) is 1. The van der Waals surface area contributed by atoms with Crippen molar-refractivity contribution in [2.24, 2.45) is 0 Å². The molecule has 0 bridgehead atoms. The fraction of sp³-hybridized carbons (Fsp3) is 0.615. The highest BCUT2D eigenvalue weighted by molar-refractivity contribution is 7.98. The molecule has 1 aromatic rings. The number of carbonyl (C=O) groups is 1. The first-order valence-electron chi connectivity index (χ1n) is 6.64. The van der Waals surface area contributed by atoms with Crippen molar-refractivity contribution in [3.8, 4) is 0 Å². The van der Waals surface area contributed by atoms with Gasteiger partial charge in [0.15, 0.2) is 5.16 Å². The van der Waals surface area contributed by atoms with Crippen molar-refractivity contribution in [3.05, 3.63) is 22.1 Å². The van der Waals surface area contributed by atoms with E-state index in [1.807, 2.05) is 6.26 Å². The molecule has 0 fully saturated rings. The van der Waals surface area contributed by atoms with Crippen LogP contribution in [0.3, 0.4) is 0 Å². The number of carbonyl (C=O) groups excluding carboxylic acids is 1. The van der Waals surface area contributed by atoms with Crippen LogP contribution in [0.1, 0.15) is 31.9 Å². The van der Waals surface area contributed by atoms with E-state index >= 15 is 0 Å². The fourth-order valence-electron chi connectivity index (χ4n) is 1.53. The summed E-state index contributed by atoms with van der Waals surface area (Å²) < 4.78 is 5.25. The minimum atomic E-state index is -0.218. The summed E-state index contributed by atoms with van der Waals surface area (Å²) in [6.07, 6.45) is 5.03. The Kier molecular flexibility index (Phi) is 7.98. The van der Waals surface area contributed by atoms with E-state index in [0.717, 1.165) is 19.3 Å². The maximum absolute atomic E-state index is 11.5. The summed E-state index contributed by atoms with van der Waals surface area (Å²) >= 11 is 1.35. The second kappa shape index (κ2) is 9.55. The number of ether oxygens (including phenoxy) is 1. The van der Waals surface area contributed by atoms with Gasteiger partial charge in [-0.15, -0.1) is 0 Å². The van der Waals surface area contributed by atoms with Gasteiger partial charge in [0.2, 0.25) is 5.91 Å². The molecule has 0 radical (unpaired) electrons. The van der Waals surface area contributed by atoms with Crippen LogP contribution in [0.25, 0.3) is 0 Å². The summed E-state index contributed by atoms with van der Waals surface area (Å²) in [4.78, 5) is 29.7. The van der Waals surface area contributed by atoms with E-state index < -0.39 is 0 Å². The Labute approximate surface area is 122 Å². The molecule has 6 nitrogen and oxygen atoms in total. The SMILES string of the molecule is CCCCCOCC(=O)NCc1cc(=O)[nH]c(SC)n1. The van der Waals surface area contributed by atoms with Crippen molar-refractivity contribution in [1.29, 1.82) is 0 Å². The number of aromatic nitrogens is 2. The molecule has 1 aromatic heterocycles. The molecular weight excluding hydrogens is 278 g/mol. The third-order valence-corrected chi connectivity index (χ3v) is 3.14. The zero-order chi connectivity index (χ0) is 14.8. The molecule has 0 aromatic carbocycles. The Morgan fingerprint density at radius 3 is 3.00 bits per heavy atom. The van der Waals surface area contributed by atoms with Crippen molar-refractivity contribution in [2.45, 2.75) is 37.9 Å². The summed E-state index contributed by atoms with van der Waals surface area (Å²) in [5, 5.41) is 3.22. The molecule has 20 heavy (non-hydrogen) atoms. The van der Waals surface area contributed by atoms with Gasteiger partial charge < -0.3 is 15.0 Å². The molecule has 7 heteroatoms. The number of aromatic amines is 1. The molecule has 0 aliphatic heterocycles. The molecule has 1 rings (SSSR count). The smallest absolute Gasteiger partial charge is 0.251 e. The van der Waals surface area contributed by atoms with Crippen LogP contribution in [0.5, 0.6) is 0 Å². The highest BCUT2D eigenvalue weighted by Gasteiger charge is 2.04. The molecule has 1 heterocycles. The lowest BCUT2D eigenvalue weighted by Gasteiger charge is -2.06. The van der Waals surface area contributed by atoms with Gasteiger partial charge in [0.05, 0.1) is 12.2 Å². The van der Waals surface area contributed by atoms with Crippen LogP contribution in [0, 0.1) is 0 Å². The van der Waals surface area contributed by atoms with Gasteiger partial charge >= 0.3 is 0 Å². The highest BCUT2D eigenvalue weighted by atomic mass is 32.2. The Morgan fingerprint density at radius 1 is 1.50 bits per heavy atom. The number of hydrogen-bond acceptors (Lipinski definition) is 5. The van der Waals surface area contributed by atoms with Crippen LogP contribution in [0.2, 0.25) is 0 Å².